The van der Waals surface area contributed by atoms with Crippen molar-refractivity contribution in [2.24, 2.45) is 5.73 Å². The number of nitrogens with one attached hydrogen (secondary N) is 1. The molecule has 1 aliphatic rings. The number of carbonyl (C=O) groups excluding carboxylic acids is 1. The Kier molecular flexibility index (Phi) is 7.94. The fourth-order valence-electron chi connectivity index (χ4n) is 2.48. The van der Waals surface area contributed by atoms with E-state index in [0.29, 0.717) is 23.0 Å². The summed E-state index contributed by atoms with van der Waals surface area (Å²) in [6.45, 7) is 2.40. The summed E-state index contributed by atoms with van der Waals surface area (Å²) in [5.74, 6) is -0.0801. The number of halogens is 3. The lowest BCUT2D eigenvalue weighted by Gasteiger charge is -2.18. The Balaban J connectivity index is 0.00000242. The third-order valence-corrected chi connectivity index (χ3v) is 4.18. The standard InChI is InChI=1S/C15H20Cl2N2O2.ClH/c1-9(6-10-2-3-11(16)7-13(10)17)19-15(20)14-5-4-12(8-18)21-14;/h2-3,7,9,12,14H,4-6,8,18H2,1H3,(H,19,20);1H/t9?,12-,14+;/m1./s1. The van der Waals surface area contributed by atoms with Crippen LogP contribution in [-0.2, 0) is 16.0 Å². The zero-order valence-corrected chi connectivity index (χ0v) is 14.7. The summed E-state index contributed by atoms with van der Waals surface area (Å²) >= 11 is 12.0. The van der Waals surface area contributed by atoms with Gasteiger partial charge >= 0.3 is 0 Å². The number of rotatable bonds is 5. The van der Waals surface area contributed by atoms with Crippen LogP contribution in [0.2, 0.25) is 10.0 Å². The lowest BCUT2D eigenvalue weighted by Crippen LogP contribution is -2.41. The molecule has 1 aromatic rings. The summed E-state index contributed by atoms with van der Waals surface area (Å²) < 4.78 is 5.58. The van der Waals surface area contributed by atoms with Crippen molar-refractivity contribution in [1.82, 2.24) is 5.32 Å². The molecule has 0 aliphatic carbocycles. The molecule has 0 aromatic heterocycles. The first kappa shape index (κ1) is 19.5. The van der Waals surface area contributed by atoms with Crippen molar-refractivity contribution < 1.29 is 9.53 Å². The van der Waals surface area contributed by atoms with Crippen molar-refractivity contribution in [3.8, 4) is 0 Å². The lowest BCUT2D eigenvalue weighted by molar-refractivity contribution is -0.132. The highest BCUT2D eigenvalue weighted by molar-refractivity contribution is 6.35. The van der Waals surface area contributed by atoms with Crippen molar-refractivity contribution >= 4 is 41.5 Å². The van der Waals surface area contributed by atoms with Gasteiger partial charge in [0.25, 0.3) is 0 Å². The molecule has 0 saturated carbocycles. The quantitative estimate of drug-likeness (QED) is 0.841. The molecular weight excluding hydrogens is 347 g/mol. The SMILES string of the molecule is CC(Cc1ccc(Cl)cc1Cl)NC(=O)[C@@H]1CC[C@H](CN)O1.Cl. The normalized spacial score (nSPS) is 22.0. The predicted octanol–water partition coefficient (Wildman–Crippen LogP) is 2.97. The average molecular weight is 368 g/mol. The van der Waals surface area contributed by atoms with E-state index in [2.05, 4.69) is 5.32 Å². The van der Waals surface area contributed by atoms with Crippen molar-refractivity contribution in [3.63, 3.8) is 0 Å². The van der Waals surface area contributed by atoms with E-state index < -0.39 is 0 Å². The summed E-state index contributed by atoms with van der Waals surface area (Å²) in [5, 5.41) is 4.18. The van der Waals surface area contributed by atoms with Gasteiger partial charge in [0.15, 0.2) is 0 Å². The molecule has 1 aromatic carbocycles. The summed E-state index contributed by atoms with van der Waals surface area (Å²) in [6.07, 6.45) is 1.83. The molecule has 0 radical (unpaired) electrons. The van der Waals surface area contributed by atoms with Crippen molar-refractivity contribution in [1.29, 1.82) is 0 Å². The van der Waals surface area contributed by atoms with Gasteiger partial charge in [0.05, 0.1) is 6.10 Å². The van der Waals surface area contributed by atoms with Crippen LogP contribution < -0.4 is 11.1 Å². The van der Waals surface area contributed by atoms with Crippen LogP contribution in [0.5, 0.6) is 0 Å². The highest BCUT2D eigenvalue weighted by Crippen LogP contribution is 2.23. The Morgan fingerprint density at radius 1 is 1.45 bits per heavy atom. The molecule has 7 heteroatoms. The third kappa shape index (κ3) is 5.28. The van der Waals surface area contributed by atoms with E-state index in [1.807, 2.05) is 13.0 Å². The summed E-state index contributed by atoms with van der Waals surface area (Å²) in [5.41, 5.74) is 6.51. The number of nitrogens with two attached hydrogens (primary N) is 1. The Morgan fingerprint density at radius 3 is 2.77 bits per heavy atom. The minimum Gasteiger partial charge on any atom is -0.364 e. The van der Waals surface area contributed by atoms with Crippen LogP contribution in [0, 0.1) is 0 Å². The minimum absolute atomic E-state index is 0. The molecule has 22 heavy (non-hydrogen) atoms. The maximum absolute atomic E-state index is 12.1. The molecule has 2 rings (SSSR count). The van der Waals surface area contributed by atoms with Crippen LogP contribution in [0.1, 0.15) is 25.3 Å². The fourth-order valence-corrected chi connectivity index (χ4v) is 2.96. The first-order valence-corrected chi connectivity index (χ1v) is 7.85. The molecule has 1 unspecified atom stereocenters. The van der Waals surface area contributed by atoms with E-state index in [9.17, 15) is 4.79 Å². The second kappa shape index (κ2) is 8.94. The average Bonchev–Trinajstić information content (AvgIpc) is 2.91. The Bertz CT molecular complexity index is 514. The number of carbonyl (C=O) groups is 1. The highest BCUT2D eigenvalue weighted by atomic mass is 35.5. The first-order valence-electron chi connectivity index (χ1n) is 7.09. The van der Waals surface area contributed by atoms with Crippen LogP contribution in [0.25, 0.3) is 0 Å². The van der Waals surface area contributed by atoms with E-state index in [-0.39, 0.29) is 36.6 Å². The van der Waals surface area contributed by atoms with Crippen LogP contribution >= 0.6 is 35.6 Å². The summed E-state index contributed by atoms with van der Waals surface area (Å²) in [7, 11) is 0. The topological polar surface area (TPSA) is 64.4 Å². The molecule has 1 fully saturated rings. The van der Waals surface area contributed by atoms with Gasteiger partial charge in [-0.2, -0.15) is 0 Å². The summed E-state index contributed by atoms with van der Waals surface area (Å²) in [6, 6.07) is 5.35. The van der Waals surface area contributed by atoms with Crippen LogP contribution in [-0.4, -0.2) is 30.7 Å². The number of hydrogen-bond donors (Lipinski definition) is 2. The van der Waals surface area contributed by atoms with Gasteiger partial charge in [-0.05, 0) is 43.9 Å². The van der Waals surface area contributed by atoms with E-state index in [4.69, 9.17) is 33.7 Å². The van der Waals surface area contributed by atoms with Crippen LogP contribution in [0.15, 0.2) is 18.2 Å². The van der Waals surface area contributed by atoms with Gasteiger partial charge < -0.3 is 15.8 Å². The molecule has 4 nitrogen and oxygen atoms in total. The van der Waals surface area contributed by atoms with Gasteiger partial charge in [-0.1, -0.05) is 29.3 Å². The number of hydrogen-bond acceptors (Lipinski definition) is 3. The van der Waals surface area contributed by atoms with Gasteiger partial charge in [-0.25, -0.2) is 0 Å². The summed E-state index contributed by atoms with van der Waals surface area (Å²) in [4.78, 5) is 12.1. The Hall–Kier alpha value is -0.520. The molecule has 1 heterocycles. The molecule has 0 bridgehead atoms. The molecule has 1 aliphatic heterocycles. The largest absolute Gasteiger partial charge is 0.364 e. The molecular formula is C15H21Cl3N2O2. The van der Waals surface area contributed by atoms with E-state index in [0.717, 1.165) is 18.4 Å². The second-order valence-corrected chi connectivity index (χ2v) is 6.25. The smallest absolute Gasteiger partial charge is 0.249 e. The molecule has 1 saturated heterocycles. The number of benzene rings is 1. The molecule has 3 N–H and O–H groups in total. The van der Waals surface area contributed by atoms with E-state index in [1.165, 1.54) is 0 Å². The Morgan fingerprint density at radius 2 is 2.18 bits per heavy atom. The maximum Gasteiger partial charge on any atom is 0.249 e. The Labute approximate surface area is 147 Å². The van der Waals surface area contributed by atoms with Crippen molar-refractivity contribution in [2.45, 2.75) is 44.4 Å². The minimum atomic E-state index is -0.387. The lowest BCUT2D eigenvalue weighted by atomic mass is 10.1. The van der Waals surface area contributed by atoms with Crippen molar-refractivity contribution in [2.75, 3.05) is 6.54 Å². The molecule has 124 valence electrons. The van der Waals surface area contributed by atoms with E-state index in [1.54, 1.807) is 12.1 Å². The predicted molar refractivity (Wildman–Crippen MR) is 92.0 cm³/mol. The molecule has 3 atom stereocenters. The van der Waals surface area contributed by atoms with Gasteiger partial charge in [0.1, 0.15) is 6.10 Å². The highest BCUT2D eigenvalue weighted by Gasteiger charge is 2.30. The number of ether oxygens (including phenoxy) is 1. The zero-order valence-electron chi connectivity index (χ0n) is 12.4. The van der Waals surface area contributed by atoms with Crippen LogP contribution in [0.3, 0.4) is 0 Å². The zero-order chi connectivity index (χ0) is 15.4. The first-order chi connectivity index (χ1) is 9.99. The third-order valence-electron chi connectivity index (χ3n) is 3.59. The second-order valence-electron chi connectivity index (χ2n) is 5.41. The molecule has 0 spiro atoms. The van der Waals surface area contributed by atoms with Gasteiger partial charge in [-0.15, -0.1) is 12.4 Å². The van der Waals surface area contributed by atoms with E-state index >= 15 is 0 Å². The van der Waals surface area contributed by atoms with Crippen molar-refractivity contribution in [3.05, 3.63) is 33.8 Å². The number of amides is 1. The van der Waals surface area contributed by atoms with Gasteiger partial charge in [0, 0.05) is 22.6 Å². The van der Waals surface area contributed by atoms with Crippen LogP contribution in [0.4, 0.5) is 0 Å². The maximum atomic E-state index is 12.1. The molecule has 1 amide bonds. The monoisotopic (exact) mass is 366 g/mol. The fraction of sp³-hybridized carbons (Fsp3) is 0.533. The van der Waals surface area contributed by atoms with Gasteiger partial charge in [-0.3, -0.25) is 4.79 Å². The van der Waals surface area contributed by atoms with Gasteiger partial charge in [0.2, 0.25) is 5.91 Å².